The van der Waals surface area contributed by atoms with Gasteiger partial charge in [-0.2, -0.15) is 5.10 Å². The fraction of sp³-hybridized carbons (Fsp3) is 0.214. The normalized spacial score (nSPS) is 11.0. The lowest BCUT2D eigenvalue weighted by molar-refractivity contribution is -0.384. The SMILES string of the molecule is CCCSc1nc2c(cnn2-c2ccc([N+](=O)[O-])cc2)c(=O)[nH]1. The molecule has 0 unspecified atom stereocenters. The molecule has 0 aliphatic heterocycles. The number of aromatic amines is 1. The van der Waals surface area contributed by atoms with Crippen molar-refractivity contribution in [3.8, 4) is 5.69 Å². The van der Waals surface area contributed by atoms with Crippen molar-refractivity contribution in [2.45, 2.75) is 18.5 Å². The van der Waals surface area contributed by atoms with Gasteiger partial charge in [0.05, 0.1) is 16.8 Å². The highest BCUT2D eigenvalue weighted by Crippen LogP contribution is 2.20. The average molecular weight is 331 g/mol. The molecule has 2 aromatic heterocycles. The van der Waals surface area contributed by atoms with Gasteiger partial charge in [0.15, 0.2) is 10.8 Å². The zero-order valence-electron chi connectivity index (χ0n) is 12.2. The van der Waals surface area contributed by atoms with E-state index in [0.29, 0.717) is 21.9 Å². The summed E-state index contributed by atoms with van der Waals surface area (Å²) in [5, 5.41) is 15.8. The average Bonchev–Trinajstić information content (AvgIpc) is 2.97. The largest absolute Gasteiger partial charge is 0.301 e. The van der Waals surface area contributed by atoms with Crippen LogP contribution in [0, 0.1) is 10.1 Å². The van der Waals surface area contributed by atoms with Gasteiger partial charge in [-0.1, -0.05) is 18.7 Å². The quantitative estimate of drug-likeness (QED) is 0.333. The zero-order chi connectivity index (χ0) is 16.4. The third-order valence-electron chi connectivity index (χ3n) is 3.16. The zero-order valence-corrected chi connectivity index (χ0v) is 13.0. The van der Waals surface area contributed by atoms with Crippen molar-refractivity contribution in [1.29, 1.82) is 0 Å². The first-order chi connectivity index (χ1) is 11.1. The fourth-order valence-corrected chi connectivity index (χ4v) is 2.78. The van der Waals surface area contributed by atoms with E-state index in [1.807, 2.05) is 6.92 Å². The Kier molecular flexibility index (Phi) is 4.11. The Balaban J connectivity index is 2.08. The fourth-order valence-electron chi connectivity index (χ4n) is 2.07. The van der Waals surface area contributed by atoms with Crippen molar-refractivity contribution in [3.05, 3.63) is 50.9 Å². The third kappa shape index (κ3) is 2.95. The van der Waals surface area contributed by atoms with Gasteiger partial charge < -0.3 is 4.98 Å². The number of aromatic nitrogens is 4. The minimum absolute atomic E-state index is 0.00444. The van der Waals surface area contributed by atoms with Crippen LogP contribution in [0.1, 0.15) is 13.3 Å². The molecule has 1 N–H and O–H groups in total. The van der Waals surface area contributed by atoms with Gasteiger partial charge in [0, 0.05) is 17.9 Å². The molecule has 0 amide bonds. The minimum Gasteiger partial charge on any atom is -0.301 e. The summed E-state index contributed by atoms with van der Waals surface area (Å²) >= 11 is 1.47. The molecule has 0 fully saturated rings. The highest BCUT2D eigenvalue weighted by molar-refractivity contribution is 7.99. The van der Waals surface area contributed by atoms with Crippen LogP contribution in [0.15, 0.2) is 40.4 Å². The first-order valence-electron chi connectivity index (χ1n) is 6.96. The minimum atomic E-state index is -0.465. The number of rotatable bonds is 5. The molecule has 2 heterocycles. The molecule has 1 aromatic carbocycles. The summed E-state index contributed by atoms with van der Waals surface area (Å²) in [6.45, 7) is 2.05. The molecule has 3 aromatic rings. The van der Waals surface area contributed by atoms with Gasteiger partial charge in [-0.05, 0) is 18.6 Å². The standard InChI is InChI=1S/C14H13N5O3S/c1-2-7-23-14-16-12-11(13(20)17-14)8-15-18(12)9-3-5-10(6-4-9)19(21)22/h3-6,8H,2,7H2,1H3,(H,16,17,20). The van der Waals surface area contributed by atoms with E-state index in [9.17, 15) is 14.9 Å². The maximum absolute atomic E-state index is 12.1. The summed E-state index contributed by atoms with van der Waals surface area (Å²) in [6.07, 6.45) is 2.41. The lowest BCUT2D eigenvalue weighted by Crippen LogP contribution is -2.09. The van der Waals surface area contributed by atoms with Crippen molar-refractivity contribution in [2.24, 2.45) is 0 Å². The highest BCUT2D eigenvalue weighted by atomic mass is 32.2. The molecule has 0 aliphatic rings. The van der Waals surface area contributed by atoms with Crippen molar-refractivity contribution in [1.82, 2.24) is 19.7 Å². The van der Waals surface area contributed by atoms with E-state index < -0.39 is 4.92 Å². The lowest BCUT2D eigenvalue weighted by Gasteiger charge is -2.04. The number of nitro groups is 1. The van der Waals surface area contributed by atoms with Gasteiger partial charge in [0.1, 0.15) is 5.39 Å². The highest BCUT2D eigenvalue weighted by Gasteiger charge is 2.13. The maximum Gasteiger partial charge on any atom is 0.269 e. The molecule has 0 radical (unpaired) electrons. The van der Waals surface area contributed by atoms with Crippen molar-refractivity contribution in [3.63, 3.8) is 0 Å². The van der Waals surface area contributed by atoms with Crippen LogP contribution in [-0.4, -0.2) is 30.4 Å². The predicted octanol–water partition coefficient (Wildman–Crippen LogP) is 2.52. The van der Waals surface area contributed by atoms with E-state index in [-0.39, 0.29) is 11.2 Å². The molecule has 8 nitrogen and oxygen atoms in total. The molecule has 0 aliphatic carbocycles. The van der Waals surface area contributed by atoms with E-state index in [1.165, 1.54) is 34.8 Å². The summed E-state index contributed by atoms with van der Waals surface area (Å²) in [5.41, 5.74) is 0.785. The van der Waals surface area contributed by atoms with Crippen LogP contribution in [0.25, 0.3) is 16.7 Å². The molecule has 0 atom stereocenters. The summed E-state index contributed by atoms with van der Waals surface area (Å²) < 4.78 is 1.50. The van der Waals surface area contributed by atoms with Gasteiger partial charge in [-0.3, -0.25) is 14.9 Å². The lowest BCUT2D eigenvalue weighted by atomic mass is 10.3. The maximum atomic E-state index is 12.1. The second-order valence-electron chi connectivity index (χ2n) is 4.79. The van der Waals surface area contributed by atoms with Crippen LogP contribution in [0.2, 0.25) is 0 Å². The molecule has 0 spiro atoms. The van der Waals surface area contributed by atoms with Gasteiger partial charge in [0.2, 0.25) is 0 Å². The number of H-pyrrole nitrogens is 1. The first-order valence-corrected chi connectivity index (χ1v) is 7.94. The van der Waals surface area contributed by atoms with Crippen LogP contribution in [0.5, 0.6) is 0 Å². The molecule has 23 heavy (non-hydrogen) atoms. The van der Waals surface area contributed by atoms with E-state index >= 15 is 0 Å². The van der Waals surface area contributed by atoms with Gasteiger partial charge in [-0.15, -0.1) is 0 Å². The van der Waals surface area contributed by atoms with E-state index in [4.69, 9.17) is 0 Å². The Morgan fingerprint density at radius 3 is 2.74 bits per heavy atom. The van der Waals surface area contributed by atoms with Crippen molar-refractivity contribution >= 4 is 28.5 Å². The Morgan fingerprint density at radius 1 is 1.35 bits per heavy atom. The van der Waals surface area contributed by atoms with Crippen LogP contribution >= 0.6 is 11.8 Å². The molecule has 0 bridgehead atoms. The van der Waals surface area contributed by atoms with Crippen molar-refractivity contribution in [2.75, 3.05) is 5.75 Å². The second-order valence-corrected chi connectivity index (χ2v) is 5.87. The molecule has 0 saturated carbocycles. The number of nitrogens with zero attached hydrogens (tertiary/aromatic N) is 4. The molecule has 118 valence electrons. The van der Waals surface area contributed by atoms with Gasteiger partial charge in [0.25, 0.3) is 11.2 Å². The number of nitrogens with one attached hydrogen (secondary N) is 1. The monoisotopic (exact) mass is 331 g/mol. The smallest absolute Gasteiger partial charge is 0.269 e. The summed E-state index contributed by atoms with van der Waals surface area (Å²) in [5.74, 6) is 0.847. The Morgan fingerprint density at radius 2 is 2.09 bits per heavy atom. The topological polar surface area (TPSA) is 107 Å². The number of fused-ring (bicyclic) bond motifs is 1. The van der Waals surface area contributed by atoms with E-state index in [0.717, 1.165) is 12.2 Å². The van der Waals surface area contributed by atoms with E-state index in [2.05, 4.69) is 15.1 Å². The van der Waals surface area contributed by atoms with Gasteiger partial charge in [-0.25, -0.2) is 9.67 Å². The van der Waals surface area contributed by atoms with Crippen LogP contribution < -0.4 is 5.56 Å². The number of benzene rings is 1. The number of nitro benzene ring substituents is 1. The third-order valence-corrected chi connectivity index (χ3v) is 4.24. The number of hydrogen-bond acceptors (Lipinski definition) is 6. The summed E-state index contributed by atoms with van der Waals surface area (Å²) in [6, 6.07) is 5.93. The number of non-ortho nitro benzene ring substituents is 1. The molecule has 0 saturated heterocycles. The van der Waals surface area contributed by atoms with Crippen LogP contribution in [0.4, 0.5) is 5.69 Å². The van der Waals surface area contributed by atoms with Crippen LogP contribution in [-0.2, 0) is 0 Å². The number of thioether (sulfide) groups is 1. The Labute approximate surface area is 134 Å². The predicted molar refractivity (Wildman–Crippen MR) is 87.2 cm³/mol. The van der Waals surface area contributed by atoms with E-state index in [1.54, 1.807) is 12.1 Å². The molecule has 3 rings (SSSR count). The Hall–Kier alpha value is -2.68. The molecular weight excluding hydrogens is 318 g/mol. The van der Waals surface area contributed by atoms with Gasteiger partial charge >= 0.3 is 0 Å². The van der Waals surface area contributed by atoms with Crippen molar-refractivity contribution < 1.29 is 4.92 Å². The summed E-state index contributed by atoms with van der Waals surface area (Å²) in [7, 11) is 0. The molecular formula is C14H13N5O3S. The van der Waals surface area contributed by atoms with Crippen LogP contribution in [0.3, 0.4) is 0 Å². The first kappa shape index (κ1) is 15.2. The second kappa shape index (κ2) is 6.21. The number of hydrogen-bond donors (Lipinski definition) is 1. The summed E-state index contributed by atoms with van der Waals surface area (Å²) in [4.78, 5) is 29.5. The molecule has 9 heteroatoms. The Bertz CT molecular complexity index is 916.